The summed E-state index contributed by atoms with van der Waals surface area (Å²) in [5.74, 6) is 1.10. The van der Waals surface area contributed by atoms with Crippen LogP contribution in [-0.2, 0) is 14.8 Å². The lowest BCUT2D eigenvalue weighted by Crippen LogP contribution is -2.44. The Hall–Kier alpha value is -2.40. The van der Waals surface area contributed by atoms with Crippen molar-refractivity contribution in [3.8, 4) is 0 Å². The quantitative estimate of drug-likeness (QED) is 0.529. The number of pyridine rings is 1. The van der Waals surface area contributed by atoms with E-state index in [4.69, 9.17) is 0 Å². The highest BCUT2D eigenvalue weighted by Crippen LogP contribution is 2.16. The van der Waals surface area contributed by atoms with Crippen LogP contribution in [0.4, 0.5) is 11.5 Å². The summed E-state index contributed by atoms with van der Waals surface area (Å²) in [5.41, 5.74) is 1.30. The third-order valence-electron chi connectivity index (χ3n) is 5.32. The second-order valence-electron chi connectivity index (χ2n) is 7.90. The number of amides is 1. The van der Waals surface area contributed by atoms with Gasteiger partial charge in [-0.25, -0.2) is 13.4 Å². The number of anilines is 2. The first kappa shape index (κ1) is 25.2. The zero-order valence-electron chi connectivity index (χ0n) is 19.0. The Labute approximate surface area is 200 Å². The van der Waals surface area contributed by atoms with Crippen LogP contribution in [0.1, 0.15) is 12.0 Å². The SMILES string of the molecule is CSCCC(NS(=O)(=O)/C=C/c1ccccc1)C(=O)Nc1ccc(N2CCN(C)CC2)nc1. The predicted molar refractivity (Wildman–Crippen MR) is 137 cm³/mol. The number of sulfonamides is 1. The van der Waals surface area contributed by atoms with Crippen LogP contribution >= 0.6 is 11.8 Å². The van der Waals surface area contributed by atoms with Gasteiger partial charge in [-0.3, -0.25) is 4.79 Å². The number of nitrogens with one attached hydrogen (secondary N) is 2. The fraction of sp³-hybridized carbons (Fsp3) is 0.391. The van der Waals surface area contributed by atoms with Gasteiger partial charge in [-0.2, -0.15) is 16.5 Å². The van der Waals surface area contributed by atoms with Crippen LogP contribution in [0.3, 0.4) is 0 Å². The van der Waals surface area contributed by atoms with Crippen molar-refractivity contribution in [3.63, 3.8) is 0 Å². The number of carbonyl (C=O) groups excluding carboxylic acids is 1. The molecule has 0 radical (unpaired) electrons. The van der Waals surface area contributed by atoms with Gasteiger partial charge in [0.25, 0.3) is 0 Å². The van der Waals surface area contributed by atoms with Crippen molar-refractivity contribution in [1.29, 1.82) is 0 Å². The van der Waals surface area contributed by atoms with E-state index in [1.807, 2.05) is 42.7 Å². The summed E-state index contributed by atoms with van der Waals surface area (Å²) in [7, 11) is -1.70. The number of likely N-dealkylation sites (N-methyl/N-ethyl adjacent to an activating group) is 1. The first-order chi connectivity index (χ1) is 15.9. The summed E-state index contributed by atoms with van der Waals surface area (Å²) >= 11 is 1.55. The predicted octanol–water partition coefficient (Wildman–Crippen LogP) is 2.48. The summed E-state index contributed by atoms with van der Waals surface area (Å²) in [6.07, 6.45) is 5.41. The average molecular weight is 490 g/mol. The molecule has 0 aliphatic carbocycles. The van der Waals surface area contributed by atoms with Gasteiger partial charge in [0.15, 0.2) is 0 Å². The number of carbonyl (C=O) groups is 1. The van der Waals surface area contributed by atoms with Crippen LogP contribution in [0.25, 0.3) is 6.08 Å². The minimum Gasteiger partial charge on any atom is -0.354 e. The minimum atomic E-state index is -3.80. The third kappa shape index (κ3) is 8.15. The largest absolute Gasteiger partial charge is 0.354 e. The zero-order chi connectivity index (χ0) is 23.7. The Kier molecular flexibility index (Phi) is 9.30. The van der Waals surface area contributed by atoms with Crippen molar-refractivity contribution < 1.29 is 13.2 Å². The molecule has 1 aliphatic rings. The number of aromatic nitrogens is 1. The summed E-state index contributed by atoms with van der Waals surface area (Å²) < 4.78 is 27.7. The van der Waals surface area contributed by atoms with Crippen molar-refractivity contribution in [1.82, 2.24) is 14.6 Å². The van der Waals surface area contributed by atoms with Gasteiger partial charge in [0.05, 0.1) is 11.9 Å². The summed E-state index contributed by atoms with van der Waals surface area (Å²) in [4.78, 5) is 21.8. The Morgan fingerprint density at radius 1 is 1.15 bits per heavy atom. The molecule has 1 amide bonds. The van der Waals surface area contributed by atoms with E-state index < -0.39 is 22.0 Å². The number of hydrogen-bond acceptors (Lipinski definition) is 7. The summed E-state index contributed by atoms with van der Waals surface area (Å²) in [5, 5.41) is 3.89. The second kappa shape index (κ2) is 12.2. The number of nitrogens with zero attached hydrogens (tertiary/aromatic N) is 3. The summed E-state index contributed by atoms with van der Waals surface area (Å²) in [6, 6.07) is 11.9. The van der Waals surface area contributed by atoms with E-state index in [9.17, 15) is 13.2 Å². The monoisotopic (exact) mass is 489 g/mol. The van der Waals surface area contributed by atoms with Gasteiger partial charge in [-0.15, -0.1) is 0 Å². The molecule has 0 spiro atoms. The minimum absolute atomic E-state index is 0.373. The Morgan fingerprint density at radius 2 is 1.88 bits per heavy atom. The molecule has 1 atom stereocenters. The molecule has 2 N–H and O–H groups in total. The van der Waals surface area contributed by atoms with Crippen molar-refractivity contribution in [2.45, 2.75) is 12.5 Å². The number of piperazine rings is 1. The van der Waals surface area contributed by atoms with Crippen LogP contribution in [0, 0.1) is 0 Å². The molecule has 8 nitrogen and oxygen atoms in total. The van der Waals surface area contributed by atoms with E-state index in [0.717, 1.165) is 43.0 Å². The van der Waals surface area contributed by atoms with Gasteiger partial charge in [0.2, 0.25) is 15.9 Å². The van der Waals surface area contributed by atoms with E-state index in [0.29, 0.717) is 17.9 Å². The maximum absolute atomic E-state index is 12.9. The molecule has 1 saturated heterocycles. The Morgan fingerprint density at radius 3 is 2.52 bits per heavy atom. The van der Waals surface area contributed by atoms with Gasteiger partial charge in [0, 0.05) is 31.6 Å². The standard InChI is InChI=1S/C23H31N5O3S2/c1-27-12-14-28(15-13-27)22-9-8-20(18-24-22)25-23(29)21(10-16-32-2)26-33(30,31)17-11-19-6-4-3-5-7-19/h3-9,11,17-18,21,26H,10,12-16H2,1-2H3,(H,25,29)/b17-11+. The van der Waals surface area contributed by atoms with Crippen molar-refractivity contribution in [2.24, 2.45) is 0 Å². The van der Waals surface area contributed by atoms with Gasteiger partial charge in [-0.05, 0) is 49.2 Å². The molecule has 0 saturated carbocycles. The van der Waals surface area contributed by atoms with E-state index in [1.54, 1.807) is 24.0 Å². The molecular formula is C23H31N5O3S2. The molecule has 2 aromatic rings. The molecule has 33 heavy (non-hydrogen) atoms. The van der Waals surface area contributed by atoms with E-state index in [2.05, 4.69) is 31.9 Å². The van der Waals surface area contributed by atoms with Crippen molar-refractivity contribution >= 4 is 45.3 Å². The molecule has 2 heterocycles. The molecule has 1 aromatic carbocycles. The van der Waals surface area contributed by atoms with Gasteiger partial charge >= 0.3 is 0 Å². The Bertz CT molecular complexity index is 1020. The molecule has 1 aromatic heterocycles. The fourth-order valence-corrected chi connectivity index (χ4v) is 4.87. The highest BCUT2D eigenvalue weighted by molar-refractivity contribution is 7.98. The molecule has 3 rings (SSSR count). The molecular weight excluding hydrogens is 458 g/mol. The first-order valence-electron chi connectivity index (χ1n) is 10.8. The molecule has 1 aliphatic heterocycles. The number of hydrogen-bond donors (Lipinski definition) is 2. The zero-order valence-corrected chi connectivity index (χ0v) is 20.6. The lowest BCUT2D eigenvalue weighted by molar-refractivity contribution is -0.117. The average Bonchev–Trinajstić information content (AvgIpc) is 2.82. The molecule has 1 fully saturated rings. The molecule has 178 valence electrons. The smallest absolute Gasteiger partial charge is 0.242 e. The van der Waals surface area contributed by atoms with Crippen LogP contribution in [0.2, 0.25) is 0 Å². The molecule has 0 bridgehead atoms. The maximum atomic E-state index is 12.9. The fourth-order valence-electron chi connectivity index (χ4n) is 3.36. The topological polar surface area (TPSA) is 94.6 Å². The molecule has 1 unspecified atom stereocenters. The van der Waals surface area contributed by atoms with Gasteiger partial charge < -0.3 is 15.1 Å². The lowest BCUT2D eigenvalue weighted by Gasteiger charge is -2.33. The van der Waals surface area contributed by atoms with E-state index >= 15 is 0 Å². The highest BCUT2D eigenvalue weighted by Gasteiger charge is 2.23. The Balaban J connectivity index is 1.63. The van der Waals surface area contributed by atoms with E-state index in [1.165, 1.54) is 6.08 Å². The normalized spacial score (nSPS) is 16.1. The van der Waals surface area contributed by atoms with Crippen LogP contribution in [-0.4, -0.2) is 75.5 Å². The van der Waals surface area contributed by atoms with Crippen molar-refractivity contribution in [2.75, 3.05) is 55.5 Å². The third-order valence-corrected chi connectivity index (χ3v) is 7.07. The second-order valence-corrected chi connectivity index (χ2v) is 10.5. The number of rotatable bonds is 10. The first-order valence-corrected chi connectivity index (χ1v) is 13.7. The number of thioether (sulfide) groups is 1. The van der Waals surface area contributed by atoms with Crippen LogP contribution in [0.15, 0.2) is 54.1 Å². The van der Waals surface area contributed by atoms with Crippen LogP contribution in [0.5, 0.6) is 0 Å². The van der Waals surface area contributed by atoms with Crippen molar-refractivity contribution in [3.05, 3.63) is 59.6 Å². The van der Waals surface area contributed by atoms with Gasteiger partial charge in [0.1, 0.15) is 11.9 Å². The number of benzene rings is 1. The van der Waals surface area contributed by atoms with E-state index in [-0.39, 0.29) is 0 Å². The van der Waals surface area contributed by atoms with Gasteiger partial charge in [-0.1, -0.05) is 30.3 Å². The highest BCUT2D eigenvalue weighted by atomic mass is 32.2. The lowest BCUT2D eigenvalue weighted by atomic mass is 10.2. The summed E-state index contributed by atoms with van der Waals surface area (Å²) in [6.45, 7) is 3.78. The molecule has 10 heteroatoms. The van der Waals surface area contributed by atoms with Crippen LogP contribution < -0.4 is 14.9 Å². The maximum Gasteiger partial charge on any atom is 0.242 e.